The standard InChI is InChI=1S/C11H13FN2OS/c1-7-2-8(12)4-9(3-7)14-11(15)10-5-16-6-13-10/h2-4,10,13H,5-6H2,1H3,(H,14,15). The number of halogens is 1. The number of carbonyl (C=O) groups is 1. The molecule has 5 heteroatoms. The van der Waals surface area contributed by atoms with Gasteiger partial charge in [-0.05, 0) is 30.7 Å². The van der Waals surface area contributed by atoms with Gasteiger partial charge < -0.3 is 5.32 Å². The third-order valence-electron chi connectivity index (χ3n) is 2.34. The Morgan fingerprint density at radius 3 is 3.00 bits per heavy atom. The summed E-state index contributed by atoms with van der Waals surface area (Å²) in [6.45, 7) is 1.79. The molecule has 1 aromatic carbocycles. The molecule has 0 bridgehead atoms. The maximum atomic E-state index is 13.1. The van der Waals surface area contributed by atoms with Crippen LogP contribution in [0.2, 0.25) is 0 Å². The molecule has 0 spiro atoms. The molecule has 1 heterocycles. The minimum atomic E-state index is -0.330. The summed E-state index contributed by atoms with van der Waals surface area (Å²) in [5.74, 6) is 1.12. The van der Waals surface area contributed by atoms with Crippen molar-refractivity contribution in [3.8, 4) is 0 Å². The first-order chi connectivity index (χ1) is 7.65. The molecule has 1 unspecified atom stereocenters. The molecule has 0 radical (unpaired) electrons. The maximum absolute atomic E-state index is 13.1. The van der Waals surface area contributed by atoms with Gasteiger partial charge in [0.05, 0.1) is 6.04 Å². The van der Waals surface area contributed by atoms with E-state index in [1.807, 2.05) is 0 Å². The smallest absolute Gasteiger partial charge is 0.242 e. The van der Waals surface area contributed by atoms with E-state index in [4.69, 9.17) is 0 Å². The van der Waals surface area contributed by atoms with Crippen molar-refractivity contribution in [1.29, 1.82) is 0 Å². The van der Waals surface area contributed by atoms with Crippen molar-refractivity contribution in [2.45, 2.75) is 13.0 Å². The van der Waals surface area contributed by atoms with Crippen LogP contribution in [0.25, 0.3) is 0 Å². The highest BCUT2D eigenvalue weighted by molar-refractivity contribution is 7.99. The van der Waals surface area contributed by atoms with Crippen LogP contribution in [0.4, 0.5) is 10.1 Å². The average Bonchev–Trinajstić information content (AvgIpc) is 2.68. The van der Waals surface area contributed by atoms with Crippen LogP contribution in [0.1, 0.15) is 5.56 Å². The molecule has 1 saturated heterocycles. The predicted octanol–water partition coefficient (Wildman–Crippen LogP) is 1.74. The molecule has 1 aliphatic heterocycles. The normalized spacial score (nSPS) is 19.8. The Bertz CT molecular complexity index is 385. The summed E-state index contributed by atoms with van der Waals surface area (Å²) in [6.07, 6.45) is 0. The molecule has 16 heavy (non-hydrogen) atoms. The second kappa shape index (κ2) is 4.84. The number of hydrogen-bond acceptors (Lipinski definition) is 3. The van der Waals surface area contributed by atoms with Gasteiger partial charge in [-0.2, -0.15) is 0 Å². The summed E-state index contributed by atoms with van der Waals surface area (Å²) in [7, 11) is 0. The fraction of sp³-hybridized carbons (Fsp3) is 0.364. The van der Waals surface area contributed by atoms with Gasteiger partial charge in [0.2, 0.25) is 5.91 Å². The third-order valence-corrected chi connectivity index (χ3v) is 3.28. The third kappa shape index (κ3) is 2.74. The highest BCUT2D eigenvalue weighted by Gasteiger charge is 2.22. The monoisotopic (exact) mass is 240 g/mol. The van der Waals surface area contributed by atoms with E-state index in [1.165, 1.54) is 12.1 Å². The van der Waals surface area contributed by atoms with Gasteiger partial charge in [-0.1, -0.05) is 0 Å². The minimum absolute atomic E-state index is 0.102. The number of aryl methyl sites for hydroxylation is 1. The predicted molar refractivity (Wildman–Crippen MR) is 64.0 cm³/mol. The Hall–Kier alpha value is -1.07. The van der Waals surface area contributed by atoms with Gasteiger partial charge in [0.25, 0.3) is 0 Å². The Labute approximate surface area is 97.8 Å². The van der Waals surface area contributed by atoms with Crippen LogP contribution in [0.5, 0.6) is 0 Å². The lowest BCUT2D eigenvalue weighted by Crippen LogP contribution is -2.37. The first-order valence-corrected chi connectivity index (χ1v) is 6.20. The Kier molecular flexibility index (Phi) is 3.46. The number of carbonyl (C=O) groups excluding carboxylic acids is 1. The Balaban J connectivity index is 2.05. The van der Waals surface area contributed by atoms with Crippen molar-refractivity contribution in [3.63, 3.8) is 0 Å². The summed E-state index contributed by atoms with van der Waals surface area (Å²) in [5.41, 5.74) is 1.31. The minimum Gasteiger partial charge on any atom is -0.325 e. The Morgan fingerprint density at radius 1 is 1.56 bits per heavy atom. The molecule has 1 amide bonds. The number of benzene rings is 1. The molecular formula is C11H13FN2OS. The van der Waals surface area contributed by atoms with E-state index in [0.717, 1.165) is 17.2 Å². The molecule has 1 fully saturated rings. The van der Waals surface area contributed by atoms with E-state index < -0.39 is 0 Å². The van der Waals surface area contributed by atoms with E-state index in [-0.39, 0.29) is 17.8 Å². The van der Waals surface area contributed by atoms with Gasteiger partial charge in [-0.15, -0.1) is 11.8 Å². The molecule has 0 saturated carbocycles. The zero-order chi connectivity index (χ0) is 11.5. The summed E-state index contributed by atoms with van der Waals surface area (Å²) >= 11 is 1.68. The quantitative estimate of drug-likeness (QED) is 0.827. The second-order valence-electron chi connectivity index (χ2n) is 3.78. The zero-order valence-electron chi connectivity index (χ0n) is 8.92. The van der Waals surface area contributed by atoms with Crippen molar-refractivity contribution >= 4 is 23.4 Å². The van der Waals surface area contributed by atoms with Gasteiger partial charge in [0, 0.05) is 17.3 Å². The molecule has 0 aliphatic carbocycles. The number of hydrogen-bond donors (Lipinski definition) is 2. The topological polar surface area (TPSA) is 41.1 Å². The van der Waals surface area contributed by atoms with E-state index in [0.29, 0.717) is 5.69 Å². The first kappa shape index (κ1) is 11.4. The molecule has 86 valence electrons. The second-order valence-corrected chi connectivity index (χ2v) is 4.81. The van der Waals surface area contributed by atoms with Crippen LogP contribution in [-0.2, 0) is 4.79 Å². The van der Waals surface area contributed by atoms with E-state index >= 15 is 0 Å². The van der Waals surface area contributed by atoms with Crippen molar-refractivity contribution < 1.29 is 9.18 Å². The average molecular weight is 240 g/mol. The maximum Gasteiger partial charge on any atom is 0.242 e. The summed E-state index contributed by atoms with van der Waals surface area (Å²) in [6, 6.07) is 4.34. The highest BCUT2D eigenvalue weighted by Crippen LogP contribution is 2.15. The highest BCUT2D eigenvalue weighted by atomic mass is 32.2. The molecule has 1 atom stereocenters. The summed E-state index contributed by atoms with van der Waals surface area (Å²) in [4.78, 5) is 11.7. The lowest BCUT2D eigenvalue weighted by Gasteiger charge is -2.11. The van der Waals surface area contributed by atoms with Gasteiger partial charge in [0.1, 0.15) is 5.82 Å². The van der Waals surface area contributed by atoms with Gasteiger partial charge in [-0.3, -0.25) is 10.1 Å². The molecule has 2 N–H and O–H groups in total. The van der Waals surface area contributed by atoms with Crippen molar-refractivity contribution in [2.24, 2.45) is 0 Å². The number of anilines is 1. The van der Waals surface area contributed by atoms with Crippen LogP contribution in [0.3, 0.4) is 0 Å². The van der Waals surface area contributed by atoms with Crippen LogP contribution in [0, 0.1) is 12.7 Å². The fourth-order valence-electron chi connectivity index (χ4n) is 1.60. The molecule has 3 nitrogen and oxygen atoms in total. The van der Waals surface area contributed by atoms with Crippen molar-refractivity contribution in [1.82, 2.24) is 5.32 Å². The summed E-state index contributed by atoms with van der Waals surface area (Å²) < 4.78 is 13.1. The molecular weight excluding hydrogens is 227 g/mol. The SMILES string of the molecule is Cc1cc(F)cc(NC(=O)C2CSCN2)c1. The summed E-state index contributed by atoms with van der Waals surface area (Å²) in [5, 5.41) is 5.77. The fourth-order valence-corrected chi connectivity index (χ4v) is 2.54. The zero-order valence-corrected chi connectivity index (χ0v) is 9.73. The van der Waals surface area contributed by atoms with Gasteiger partial charge in [0.15, 0.2) is 0 Å². The van der Waals surface area contributed by atoms with E-state index in [2.05, 4.69) is 10.6 Å². The van der Waals surface area contributed by atoms with E-state index in [1.54, 1.807) is 24.8 Å². The lowest BCUT2D eigenvalue weighted by atomic mass is 10.2. The van der Waals surface area contributed by atoms with Crippen molar-refractivity contribution in [2.75, 3.05) is 16.9 Å². The van der Waals surface area contributed by atoms with Gasteiger partial charge >= 0.3 is 0 Å². The molecule has 2 rings (SSSR count). The first-order valence-electron chi connectivity index (χ1n) is 5.04. The lowest BCUT2D eigenvalue weighted by molar-refractivity contribution is -0.117. The molecule has 1 aromatic rings. The van der Waals surface area contributed by atoms with Crippen LogP contribution >= 0.6 is 11.8 Å². The Morgan fingerprint density at radius 2 is 2.38 bits per heavy atom. The van der Waals surface area contributed by atoms with Crippen LogP contribution < -0.4 is 10.6 Å². The van der Waals surface area contributed by atoms with E-state index in [9.17, 15) is 9.18 Å². The number of thioether (sulfide) groups is 1. The van der Waals surface area contributed by atoms with Crippen molar-refractivity contribution in [3.05, 3.63) is 29.6 Å². The molecule has 1 aliphatic rings. The molecule has 0 aromatic heterocycles. The largest absolute Gasteiger partial charge is 0.325 e. The van der Waals surface area contributed by atoms with Crippen LogP contribution in [0.15, 0.2) is 18.2 Å². The number of amides is 1. The number of rotatable bonds is 2. The van der Waals surface area contributed by atoms with Gasteiger partial charge in [-0.25, -0.2) is 4.39 Å². The number of nitrogens with one attached hydrogen (secondary N) is 2. The van der Waals surface area contributed by atoms with Crippen LogP contribution in [-0.4, -0.2) is 23.6 Å².